The molecular weight excluding hydrogens is 1150 g/mol. The van der Waals surface area contributed by atoms with E-state index in [1.54, 1.807) is 6.08 Å². The predicted molar refractivity (Wildman–Crippen MR) is 351 cm³/mol. The number of carbonyl (C=O) groups is 1. The Labute approximate surface area is 540 Å². The van der Waals surface area contributed by atoms with E-state index in [1.165, 1.54) is 122 Å². The van der Waals surface area contributed by atoms with Gasteiger partial charge in [0.15, 0.2) is 18.9 Å². The first-order valence-corrected chi connectivity index (χ1v) is 34.8. The standard InChI is InChI=1S/C71H123NO18/c1-3-5-7-9-11-13-15-16-17-18-19-20-21-22-23-24-25-26-27-28-29-30-31-32-33-34-35-36-37-38-39-41-43-45-47-49-59(77)72-54(55(76)48-46-44-42-40-14-12-10-8-6-4-2)53-85-69-65(83)62(80)67(57(51-74)87-69)90-71-66(84)63(81)68(58(52-75)88-71)89-70-64(82)61(79)60(78)56(50-73)86-70/h5-8,11,13-14,16-17,19-20,40,46,48,54-58,60-71,73-76,78-84H,3-4,9-10,12,15,18,21-39,41-45,47,49-53H2,1-2H3,(H,72,77)/b7-5-,8-6+,13-11-,17-16-,20-19-,40-14+,48-46+. The van der Waals surface area contributed by atoms with Gasteiger partial charge in [0.25, 0.3) is 0 Å². The molecule has 3 fully saturated rings. The number of ether oxygens (including phenoxy) is 6. The second kappa shape index (κ2) is 52.3. The Morgan fingerprint density at radius 1 is 0.400 bits per heavy atom. The summed E-state index contributed by atoms with van der Waals surface area (Å²) in [5, 5.41) is 120. The van der Waals surface area contributed by atoms with Crippen molar-refractivity contribution < 1.29 is 89.4 Å². The van der Waals surface area contributed by atoms with Gasteiger partial charge in [0.05, 0.1) is 38.6 Å². The van der Waals surface area contributed by atoms with Crippen LogP contribution in [0.4, 0.5) is 0 Å². The Morgan fingerprint density at radius 2 is 0.744 bits per heavy atom. The minimum Gasteiger partial charge on any atom is -0.394 e. The van der Waals surface area contributed by atoms with Crippen LogP contribution in [0.3, 0.4) is 0 Å². The summed E-state index contributed by atoms with van der Waals surface area (Å²) >= 11 is 0. The zero-order valence-electron chi connectivity index (χ0n) is 54.8. The third-order valence-corrected chi connectivity index (χ3v) is 16.9. The molecule has 3 heterocycles. The van der Waals surface area contributed by atoms with Crippen molar-refractivity contribution in [1.82, 2.24) is 5.32 Å². The van der Waals surface area contributed by atoms with Gasteiger partial charge in [0.2, 0.25) is 5.91 Å². The molecule has 520 valence electrons. The van der Waals surface area contributed by atoms with Gasteiger partial charge in [0.1, 0.15) is 73.2 Å². The maximum absolute atomic E-state index is 13.3. The maximum Gasteiger partial charge on any atom is 0.220 e. The summed E-state index contributed by atoms with van der Waals surface area (Å²) < 4.78 is 34.2. The monoisotopic (exact) mass is 1280 g/mol. The van der Waals surface area contributed by atoms with Crippen molar-refractivity contribution in [3.8, 4) is 0 Å². The van der Waals surface area contributed by atoms with Crippen LogP contribution in [0.2, 0.25) is 0 Å². The zero-order valence-corrected chi connectivity index (χ0v) is 54.8. The molecule has 0 aromatic carbocycles. The summed E-state index contributed by atoms with van der Waals surface area (Å²) in [7, 11) is 0. The molecule has 0 bridgehead atoms. The Balaban J connectivity index is 1.31. The number of carbonyl (C=O) groups excluding carboxylic acids is 1. The van der Waals surface area contributed by atoms with E-state index in [1.807, 2.05) is 6.08 Å². The molecule has 3 rings (SSSR count). The molecule has 90 heavy (non-hydrogen) atoms. The number of nitrogens with one attached hydrogen (secondary N) is 1. The van der Waals surface area contributed by atoms with Crippen LogP contribution in [-0.2, 0) is 33.2 Å². The largest absolute Gasteiger partial charge is 0.394 e. The smallest absolute Gasteiger partial charge is 0.220 e. The van der Waals surface area contributed by atoms with Crippen LogP contribution in [0.25, 0.3) is 0 Å². The summed E-state index contributed by atoms with van der Waals surface area (Å²) in [6.45, 7) is 1.45. The van der Waals surface area contributed by atoms with E-state index in [0.29, 0.717) is 12.8 Å². The molecular formula is C71H123NO18. The van der Waals surface area contributed by atoms with Crippen molar-refractivity contribution in [2.45, 2.75) is 330 Å². The molecule has 19 heteroatoms. The highest BCUT2D eigenvalue weighted by atomic mass is 16.8. The molecule has 0 aromatic heterocycles. The van der Waals surface area contributed by atoms with Gasteiger partial charge in [-0.05, 0) is 77.0 Å². The highest BCUT2D eigenvalue weighted by molar-refractivity contribution is 5.76. The average Bonchev–Trinajstić information content (AvgIpc) is 1.08. The number of aliphatic hydroxyl groups excluding tert-OH is 11. The first kappa shape index (κ1) is 81.2. The van der Waals surface area contributed by atoms with Gasteiger partial charge in [-0.25, -0.2) is 0 Å². The van der Waals surface area contributed by atoms with Crippen molar-refractivity contribution in [3.63, 3.8) is 0 Å². The van der Waals surface area contributed by atoms with Gasteiger partial charge < -0.3 is 89.9 Å². The lowest BCUT2D eigenvalue weighted by Gasteiger charge is -2.48. The lowest BCUT2D eigenvalue weighted by Crippen LogP contribution is -2.66. The third-order valence-electron chi connectivity index (χ3n) is 16.9. The number of allylic oxidation sites excluding steroid dienone is 13. The van der Waals surface area contributed by atoms with E-state index in [4.69, 9.17) is 28.4 Å². The predicted octanol–water partition coefficient (Wildman–Crippen LogP) is 9.10. The van der Waals surface area contributed by atoms with Crippen molar-refractivity contribution in [2.24, 2.45) is 0 Å². The van der Waals surface area contributed by atoms with Crippen molar-refractivity contribution >= 4 is 5.91 Å². The van der Waals surface area contributed by atoms with Gasteiger partial charge in [-0.15, -0.1) is 0 Å². The molecule has 3 aliphatic heterocycles. The van der Waals surface area contributed by atoms with Gasteiger partial charge in [-0.2, -0.15) is 0 Å². The number of amides is 1. The fraction of sp³-hybridized carbons (Fsp3) is 0.789. The molecule has 3 aliphatic rings. The number of hydrogen-bond donors (Lipinski definition) is 12. The summed E-state index contributed by atoms with van der Waals surface area (Å²) in [6.07, 6.45) is 40.5. The maximum atomic E-state index is 13.3. The second-order valence-corrected chi connectivity index (χ2v) is 24.6. The molecule has 0 aromatic rings. The minimum atomic E-state index is -1.98. The van der Waals surface area contributed by atoms with Gasteiger partial charge in [-0.3, -0.25) is 4.79 Å². The van der Waals surface area contributed by atoms with E-state index in [0.717, 1.165) is 70.6 Å². The van der Waals surface area contributed by atoms with Crippen LogP contribution < -0.4 is 5.32 Å². The normalized spacial score (nSPS) is 28.6. The molecule has 17 unspecified atom stereocenters. The minimum absolute atomic E-state index is 0.231. The first-order chi connectivity index (χ1) is 43.8. The molecule has 17 atom stereocenters. The Hall–Kier alpha value is -3.03. The van der Waals surface area contributed by atoms with E-state index in [9.17, 15) is 61.0 Å². The zero-order chi connectivity index (χ0) is 65.4. The van der Waals surface area contributed by atoms with Gasteiger partial charge in [-0.1, -0.05) is 227 Å². The molecule has 3 saturated heterocycles. The van der Waals surface area contributed by atoms with Crippen LogP contribution in [0, 0.1) is 0 Å². The molecule has 12 N–H and O–H groups in total. The number of aliphatic hydroxyl groups is 11. The molecule has 1 amide bonds. The lowest BCUT2D eigenvalue weighted by atomic mass is 9.96. The van der Waals surface area contributed by atoms with E-state index in [2.05, 4.69) is 92.1 Å². The second-order valence-electron chi connectivity index (χ2n) is 24.6. The first-order valence-electron chi connectivity index (χ1n) is 34.8. The van der Waals surface area contributed by atoms with E-state index < -0.39 is 124 Å². The quantitative estimate of drug-likeness (QED) is 0.0200. The summed E-state index contributed by atoms with van der Waals surface area (Å²) in [6, 6.07) is -0.996. The van der Waals surface area contributed by atoms with E-state index >= 15 is 0 Å². The van der Waals surface area contributed by atoms with Crippen LogP contribution >= 0.6 is 0 Å². The van der Waals surface area contributed by atoms with Crippen molar-refractivity contribution in [2.75, 3.05) is 26.4 Å². The van der Waals surface area contributed by atoms with E-state index in [-0.39, 0.29) is 18.9 Å². The van der Waals surface area contributed by atoms with Crippen LogP contribution in [-0.4, -0.2) is 193 Å². The number of rotatable bonds is 52. The summed E-state index contributed by atoms with van der Waals surface area (Å²) in [5.74, 6) is -0.292. The van der Waals surface area contributed by atoms with Crippen LogP contribution in [0.15, 0.2) is 85.1 Å². The lowest BCUT2D eigenvalue weighted by molar-refractivity contribution is -0.379. The SMILES string of the molecule is CC/C=C\C/C=C\C/C=C\C/C=C\CCCCCCCCCCCCCCCCCCCCCCCCC(=O)NC(COC1OC(CO)C(OC2OC(CO)C(OC3OC(CO)C(O)C(O)C3O)C(O)C2O)C(O)C1O)C(O)/C=C/CC/C=C/CC/C=C/CC. The fourth-order valence-corrected chi connectivity index (χ4v) is 11.3. The Kier molecular flexibility index (Phi) is 47.2. The molecule has 19 nitrogen and oxygen atoms in total. The molecule has 0 aliphatic carbocycles. The van der Waals surface area contributed by atoms with Gasteiger partial charge >= 0.3 is 0 Å². The fourth-order valence-electron chi connectivity index (χ4n) is 11.3. The van der Waals surface area contributed by atoms with Gasteiger partial charge in [0, 0.05) is 6.42 Å². The topological polar surface area (TPSA) is 307 Å². The van der Waals surface area contributed by atoms with Crippen molar-refractivity contribution in [3.05, 3.63) is 85.1 Å². The molecule has 0 saturated carbocycles. The van der Waals surface area contributed by atoms with Crippen molar-refractivity contribution in [1.29, 1.82) is 0 Å². The summed E-state index contributed by atoms with van der Waals surface area (Å²) in [5.41, 5.74) is 0. The number of hydrogen-bond acceptors (Lipinski definition) is 18. The number of unbranched alkanes of at least 4 members (excludes halogenated alkanes) is 24. The Bertz CT molecular complexity index is 1960. The highest BCUT2D eigenvalue weighted by Gasteiger charge is 2.53. The Morgan fingerprint density at radius 3 is 1.20 bits per heavy atom. The highest BCUT2D eigenvalue weighted by Crippen LogP contribution is 2.33. The average molecular weight is 1280 g/mol. The van der Waals surface area contributed by atoms with Crippen LogP contribution in [0.1, 0.15) is 226 Å². The molecule has 0 spiro atoms. The third kappa shape index (κ3) is 33.9. The summed E-state index contributed by atoms with van der Waals surface area (Å²) in [4.78, 5) is 13.3. The van der Waals surface area contributed by atoms with Crippen LogP contribution in [0.5, 0.6) is 0 Å². The molecule has 0 radical (unpaired) electrons.